The number of hydrazine groups is 2. The highest BCUT2D eigenvalue weighted by molar-refractivity contribution is 6.18. The van der Waals surface area contributed by atoms with E-state index in [9.17, 15) is 9.65 Å². The molecule has 1 aliphatic heterocycles. The first-order chi connectivity index (χ1) is 20.4. The maximum atomic E-state index is 13.9. The molecule has 0 radical (unpaired) electrons. The van der Waals surface area contributed by atoms with Crippen LogP contribution in [0.5, 0.6) is 5.75 Å². The fourth-order valence-electron chi connectivity index (χ4n) is 5.76. The van der Waals surface area contributed by atoms with Gasteiger partial charge in [-0.05, 0) is 42.5 Å². The number of methoxy groups -OCH3 is 1. The molecular weight excluding hydrogens is 530 g/mol. The van der Waals surface area contributed by atoms with E-state index in [2.05, 4.69) is 69.5 Å². The highest BCUT2D eigenvalue weighted by atomic mass is 19.1. The average Bonchev–Trinajstić information content (AvgIpc) is 3.75. The number of hydrogen-bond acceptors (Lipinski definition) is 9. The average molecular weight is 564 g/mol. The molecule has 1 aliphatic carbocycles. The van der Waals surface area contributed by atoms with Crippen molar-refractivity contribution in [1.29, 1.82) is 5.26 Å². The maximum absolute atomic E-state index is 13.9. The molecule has 11 heteroatoms. The standard InChI is InChI=1S/C31H34BFN8O/c1-3-25(19-7-5-4-6-8-19)37-29-20(15-34)16-36-30-24(29)13-22(14-26(30)42-2)38-31(32,21-9-12-28(33)35-17-21)27-18-41(40-39-27)23-10-11-23/h4-9,12-14,16-17,23,25,27,38-40H,3,10-11,18,32H2,1-2H3,(H,36,37)/t25-,27?,31?/m1/s1. The Labute approximate surface area is 245 Å². The summed E-state index contributed by atoms with van der Waals surface area (Å²) in [5.41, 5.74) is 10.6. The summed E-state index contributed by atoms with van der Waals surface area (Å²) in [5.74, 6) is 0.0484. The molecule has 3 atom stereocenters. The molecule has 0 bridgehead atoms. The van der Waals surface area contributed by atoms with Gasteiger partial charge in [-0.15, -0.1) is 0 Å². The van der Waals surface area contributed by atoms with Crippen molar-refractivity contribution in [2.75, 3.05) is 24.3 Å². The van der Waals surface area contributed by atoms with E-state index >= 15 is 0 Å². The third-order valence-electron chi connectivity index (χ3n) is 8.38. The Morgan fingerprint density at radius 3 is 2.67 bits per heavy atom. The van der Waals surface area contributed by atoms with E-state index in [4.69, 9.17) is 4.74 Å². The van der Waals surface area contributed by atoms with Gasteiger partial charge in [-0.3, -0.25) is 4.98 Å². The maximum Gasteiger partial charge on any atom is 0.212 e. The van der Waals surface area contributed by atoms with Crippen LogP contribution in [0.15, 0.2) is 67.0 Å². The minimum absolute atomic E-state index is 0.00997. The van der Waals surface area contributed by atoms with E-state index in [0.29, 0.717) is 28.6 Å². The third kappa shape index (κ3) is 5.36. The van der Waals surface area contributed by atoms with Gasteiger partial charge in [-0.2, -0.15) is 15.2 Å². The third-order valence-corrected chi connectivity index (χ3v) is 8.38. The zero-order valence-corrected chi connectivity index (χ0v) is 24.0. The second-order valence-electron chi connectivity index (χ2n) is 11.1. The lowest BCUT2D eigenvalue weighted by Gasteiger charge is -2.38. The van der Waals surface area contributed by atoms with E-state index in [1.165, 1.54) is 6.07 Å². The Hall–Kier alpha value is -4.24. The Kier molecular flexibility index (Phi) is 7.69. The van der Waals surface area contributed by atoms with Crippen molar-refractivity contribution >= 4 is 30.1 Å². The molecular formula is C31H34BFN8O. The molecule has 6 rings (SSSR count). The SMILES string of the molecule is BC(Nc1cc(OC)c2ncc(C#N)c(N[C@H](CC)c3ccccc3)c2c1)(c1ccc(F)nc1)C1CN(C2CC2)NN1. The number of pyridine rings is 2. The number of anilines is 2. The van der Waals surface area contributed by atoms with E-state index in [0.717, 1.165) is 48.0 Å². The molecule has 1 saturated heterocycles. The van der Waals surface area contributed by atoms with Gasteiger partial charge < -0.3 is 15.4 Å². The quantitative estimate of drug-likeness (QED) is 0.168. The minimum Gasteiger partial charge on any atom is -0.494 e. The molecule has 2 unspecified atom stereocenters. The first kappa shape index (κ1) is 27.9. The summed E-state index contributed by atoms with van der Waals surface area (Å²) in [6.07, 6.45) is 6.32. The highest BCUT2D eigenvalue weighted by Crippen LogP contribution is 2.39. The molecule has 42 heavy (non-hydrogen) atoms. The van der Waals surface area contributed by atoms with Crippen LogP contribution in [0.1, 0.15) is 48.9 Å². The first-order valence-electron chi connectivity index (χ1n) is 14.3. The number of nitrogens with zero attached hydrogens (tertiary/aromatic N) is 4. The fourth-order valence-corrected chi connectivity index (χ4v) is 5.76. The van der Waals surface area contributed by atoms with Crippen LogP contribution in [0, 0.1) is 17.3 Å². The summed E-state index contributed by atoms with van der Waals surface area (Å²) in [5, 5.41) is 20.4. The Morgan fingerprint density at radius 2 is 2.00 bits per heavy atom. The van der Waals surface area contributed by atoms with Crippen molar-refractivity contribution in [3.8, 4) is 11.8 Å². The zero-order valence-electron chi connectivity index (χ0n) is 24.0. The normalized spacial score (nSPS) is 19.1. The van der Waals surface area contributed by atoms with E-state index in [1.807, 2.05) is 30.3 Å². The van der Waals surface area contributed by atoms with Crippen molar-refractivity contribution in [2.45, 2.75) is 49.8 Å². The van der Waals surface area contributed by atoms with Crippen LogP contribution in [-0.2, 0) is 5.44 Å². The molecule has 1 saturated carbocycles. The van der Waals surface area contributed by atoms with Gasteiger partial charge in [-0.25, -0.2) is 15.4 Å². The summed E-state index contributed by atoms with van der Waals surface area (Å²) >= 11 is 0. The lowest BCUT2D eigenvalue weighted by molar-refractivity contribution is 0.222. The van der Waals surface area contributed by atoms with Gasteiger partial charge in [0.2, 0.25) is 5.95 Å². The summed E-state index contributed by atoms with van der Waals surface area (Å²) < 4.78 is 19.7. The Morgan fingerprint density at radius 1 is 1.19 bits per heavy atom. The number of nitrogens with one attached hydrogen (secondary N) is 4. The number of hydrogen-bond donors (Lipinski definition) is 4. The topological polar surface area (TPSA) is 110 Å². The second kappa shape index (κ2) is 11.6. The summed E-state index contributed by atoms with van der Waals surface area (Å²) in [6.45, 7) is 2.86. The molecule has 3 heterocycles. The van der Waals surface area contributed by atoms with Crippen LogP contribution in [0.3, 0.4) is 0 Å². The van der Waals surface area contributed by atoms with E-state index < -0.39 is 11.4 Å². The Bertz CT molecular complexity index is 1610. The molecule has 2 aromatic carbocycles. The Balaban J connectivity index is 1.44. The molecule has 214 valence electrons. The molecule has 9 nitrogen and oxygen atoms in total. The van der Waals surface area contributed by atoms with Crippen LogP contribution in [0.4, 0.5) is 15.8 Å². The van der Waals surface area contributed by atoms with Crippen molar-refractivity contribution in [3.63, 3.8) is 0 Å². The number of ether oxygens (including phenoxy) is 1. The summed E-state index contributed by atoms with van der Waals surface area (Å²) in [7, 11) is 3.70. The highest BCUT2D eigenvalue weighted by Gasteiger charge is 2.44. The molecule has 2 aliphatic rings. The molecule has 2 fully saturated rings. The number of halogens is 1. The largest absolute Gasteiger partial charge is 0.494 e. The summed E-state index contributed by atoms with van der Waals surface area (Å²) in [4.78, 5) is 8.58. The van der Waals surface area contributed by atoms with Crippen LogP contribution < -0.4 is 26.3 Å². The lowest BCUT2D eigenvalue weighted by Crippen LogP contribution is -2.54. The number of rotatable bonds is 10. The van der Waals surface area contributed by atoms with Crippen molar-refractivity contribution in [3.05, 3.63) is 89.6 Å². The van der Waals surface area contributed by atoms with Gasteiger partial charge >= 0.3 is 0 Å². The smallest absolute Gasteiger partial charge is 0.212 e. The van der Waals surface area contributed by atoms with Crippen LogP contribution in [-0.4, -0.2) is 48.6 Å². The lowest BCUT2D eigenvalue weighted by atomic mass is 9.67. The molecule has 0 amide bonds. The van der Waals surface area contributed by atoms with Gasteiger partial charge in [0.05, 0.1) is 30.4 Å². The van der Waals surface area contributed by atoms with Gasteiger partial charge in [0.1, 0.15) is 25.2 Å². The van der Waals surface area contributed by atoms with E-state index in [1.54, 1.807) is 25.6 Å². The van der Waals surface area contributed by atoms with E-state index in [-0.39, 0.29) is 12.1 Å². The summed E-state index contributed by atoms with van der Waals surface area (Å²) in [6, 6.07) is 20.0. The van der Waals surface area contributed by atoms with Crippen LogP contribution in [0.2, 0.25) is 0 Å². The van der Waals surface area contributed by atoms with Crippen molar-refractivity contribution in [1.82, 2.24) is 25.9 Å². The van der Waals surface area contributed by atoms with Gasteiger partial charge in [-0.1, -0.05) is 43.3 Å². The monoisotopic (exact) mass is 564 g/mol. The zero-order chi connectivity index (χ0) is 29.3. The molecule has 2 aromatic heterocycles. The number of nitriles is 1. The van der Waals surface area contributed by atoms with Gasteiger partial charge in [0.25, 0.3) is 0 Å². The number of fused-ring (bicyclic) bond motifs is 1. The van der Waals surface area contributed by atoms with Crippen molar-refractivity contribution < 1.29 is 9.13 Å². The second-order valence-corrected chi connectivity index (χ2v) is 11.1. The number of aromatic nitrogens is 2. The molecule has 0 spiro atoms. The molecule has 4 N–H and O–H groups in total. The van der Waals surface area contributed by atoms with Crippen molar-refractivity contribution in [2.24, 2.45) is 0 Å². The predicted octanol–water partition coefficient (Wildman–Crippen LogP) is 3.97. The van der Waals surface area contributed by atoms with Crippen LogP contribution in [0.25, 0.3) is 10.9 Å². The molecule has 4 aromatic rings. The minimum atomic E-state index is -0.695. The van der Waals surface area contributed by atoms with Gasteiger partial charge in [0, 0.05) is 47.6 Å². The fraction of sp³-hybridized carbons (Fsp3) is 0.323. The number of benzene rings is 2. The van der Waals surface area contributed by atoms with Gasteiger partial charge in [0.15, 0.2) is 0 Å². The first-order valence-corrected chi connectivity index (χ1v) is 14.3. The van der Waals surface area contributed by atoms with Crippen LogP contribution >= 0.6 is 0 Å². The predicted molar refractivity (Wildman–Crippen MR) is 164 cm³/mol.